The van der Waals surface area contributed by atoms with Crippen molar-refractivity contribution in [2.75, 3.05) is 0 Å². The lowest BCUT2D eigenvalue weighted by atomic mass is 10.1. The first kappa shape index (κ1) is 8.97. The molecule has 1 fully saturated rings. The molecule has 2 rings (SSSR count). The third kappa shape index (κ3) is 2.42. The SMILES string of the molecule is NC1(CCc2cccc(Cl)n2)CC1. The molecule has 2 N–H and O–H groups in total. The van der Waals surface area contributed by atoms with Crippen molar-refractivity contribution in [2.24, 2.45) is 5.73 Å². The van der Waals surface area contributed by atoms with Gasteiger partial charge in [0, 0.05) is 11.2 Å². The second-order valence-electron chi connectivity index (χ2n) is 3.81. The molecule has 70 valence electrons. The molecule has 3 heteroatoms. The largest absolute Gasteiger partial charge is 0.325 e. The molecule has 1 aliphatic carbocycles. The summed E-state index contributed by atoms with van der Waals surface area (Å²) in [5, 5.41) is 0.569. The minimum absolute atomic E-state index is 0.115. The van der Waals surface area contributed by atoms with Gasteiger partial charge in [0.15, 0.2) is 0 Å². The Bertz CT molecular complexity index is 308. The highest BCUT2D eigenvalue weighted by molar-refractivity contribution is 6.29. The lowest BCUT2D eigenvalue weighted by Gasteiger charge is -2.07. The van der Waals surface area contributed by atoms with E-state index in [-0.39, 0.29) is 5.54 Å². The maximum Gasteiger partial charge on any atom is 0.129 e. The van der Waals surface area contributed by atoms with Crippen LogP contribution < -0.4 is 5.73 Å². The van der Waals surface area contributed by atoms with Crippen molar-refractivity contribution < 1.29 is 0 Å². The predicted molar refractivity (Wildman–Crippen MR) is 53.7 cm³/mol. The van der Waals surface area contributed by atoms with E-state index in [1.165, 1.54) is 0 Å². The molecule has 1 aromatic heterocycles. The van der Waals surface area contributed by atoms with E-state index in [4.69, 9.17) is 17.3 Å². The van der Waals surface area contributed by atoms with Crippen molar-refractivity contribution in [1.29, 1.82) is 0 Å². The zero-order chi connectivity index (χ0) is 9.31. The average Bonchev–Trinajstić information content (AvgIpc) is 2.82. The van der Waals surface area contributed by atoms with Crippen LogP contribution in [0.25, 0.3) is 0 Å². The molecule has 0 amide bonds. The average molecular weight is 197 g/mol. The number of pyridine rings is 1. The number of aryl methyl sites for hydroxylation is 1. The first-order valence-corrected chi connectivity index (χ1v) is 4.96. The highest BCUT2D eigenvalue weighted by Crippen LogP contribution is 2.36. The van der Waals surface area contributed by atoms with E-state index in [2.05, 4.69) is 4.98 Å². The van der Waals surface area contributed by atoms with Gasteiger partial charge in [-0.2, -0.15) is 0 Å². The van der Waals surface area contributed by atoms with Crippen molar-refractivity contribution in [3.8, 4) is 0 Å². The van der Waals surface area contributed by atoms with Crippen LogP contribution >= 0.6 is 11.6 Å². The zero-order valence-electron chi connectivity index (χ0n) is 7.46. The molecule has 13 heavy (non-hydrogen) atoms. The van der Waals surface area contributed by atoms with Gasteiger partial charge >= 0.3 is 0 Å². The van der Waals surface area contributed by atoms with Crippen LogP contribution in [0.3, 0.4) is 0 Å². The zero-order valence-corrected chi connectivity index (χ0v) is 8.22. The Morgan fingerprint density at radius 3 is 2.85 bits per heavy atom. The Hall–Kier alpha value is -0.600. The van der Waals surface area contributed by atoms with Gasteiger partial charge in [0.05, 0.1) is 0 Å². The summed E-state index contributed by atoms with van der Waals surface area (Å²) in [7, 11) is 0. The fourth-order valence-corrected chi connectivity index (χ4v) is 1.56. The van der Waals surface area contributed by atoms with Crippen LogP contribution in [-0.2, 0) is 6.42 Å². The van der Waals surface area contributed by atoms with E-state index in [9.17, 15) is 0 Å². The lowest BCUT2D eigenvalue weighted by Crippen LogP contribution is -2.22. The van der Waals surface area contributed by atoms with Gasteiger partial charge in [0.2, 0.25) is 0 Å². The molecule has 0 aliphatic heterocycles. The maximum atomic E-state index is 5.97. The van der Waals surface area contributed by atoms with Crippen LogP contribution in [-0.4, -0.2) is 10.5 Å². The van der Waals surface area contributed by atoms with Gasteiger partial charge in [0.25, 0.3) is 0 Å². The summed E-state index contributed by atoms with van der Waals surface area (Å²) in [6.45, 7) is 0. The number of hydrogen-bond donors (Lipinski definition) is 1. The minimum Gasteiger partial charge on any atom is -0.325 e. The van der Waals surface area contributed by atoms with Crippen molar-refractivity contribution in [2.45, 2.75) is 31.2 Å². The summed E-state index contributed by atoms with van der Waals surface area (Å²) in [4.78, 5) is 4.21. The van der Waals surface area contributed by atoms with Gasteiger partial charge in [-0.25, -0.2) is 4.98 Å². The molecule has 0 unspecified atom stereocenters. The van der Waals surface area contributed by atoms with Crippen molar-refractivity contribution >= 4 is 11.6 Å². The molecule has 1 heterocycles. The summed E-state index contributed by atoms with van der Waals surface area (Å²) < 4.78 is 0. The fraction of sp³-hybridized carbons (Fsp3) is 0.500. The molecule has 2 nitrogen and oxygen atoms in total. The summed E-state index contributed by atoms with van der Waals surface area (Å²) >= 11 is 5.77. The number of aromatic nitrogens is 1. The van der Waals surface area contributed by atoms with E-state index >= 15 is 0 Å². The number of halogens is 1. The van der Waals surface area contributed by atoms with Gasteiger partial charge in [-0.15, -0.1) is 0 Å². The van der Waals surface area contributed by atoms with E-state index in [0.717, 1.165) is 31.4 Å². The van der Waals surface area contributed by atoms with Gasteiger partial charge < -0.3 is 5.73 Å². The lowest BCUT2D eigenvalue weighted by molar-refractivity contribution is 0.603. The Balaban J connectivity index is 1.94. The van der Waals surface area contributed by atoms with Crippen LogP contribution in [0.2, 0.25) is 5.15 Å². The van der Waals surface area contributed by atoms with E-state index in [1.807, 2.05) is 12.1 Å². The van der Waals surface area contributed by atoms with Gasteiger partial charge in [-0.05, 0) is 37.8 Å². The summed E-state index contributed by atoms with van der Waals surface area (Å²) in [6, 6.07) is 5.72. The monoisotopic (exact) mass is 196 g/mol. The third-order valence-electron chi connectivity index (χ3n) is 2.54. The highest BCUT2D eigenvalue weighted by Gasteiger charge is 2.37. The Morgan fingerprint density at radius 1 is 1.46 bits per heavy atom. The Labute approximate surface area is 83.1 Å². The van der Waals surface area contributed by atoms with E-state index in [1.54, 1.807) is 6.07 Å². The maximum absolute atomic E-state index is 5.97. The molecule has 1 aromatic rings. The van der Waals surface area contributed by atoms with E-state index < -0.39 is 0 Å². The molecule has 0 atom stereocenters. The van der Waals surface area contributed by atoms with Gasteiger partial charge in [-0.3, -0.25) is 0 Å². The summed E-state index contributed by atoms with van der Waals surface area (Å²) in [5.74, 6) is 0. The van der Waals surface area contributed by atoms with Crippen LogP contribution in [0.1, 0.15) is 25.0 Å². The molecule has 1 saturated carbocycles. The molecular formula is C10H13ClN2. The highest BCUT2D eigenvalue weighted by atomic mass is 35.5. The Kier molecular flexibility index (Phi) is 2.26. The van der Waals surface area contributed by atoms with Crippen LogP contribution in [0.4, 0.5) is 0 Å². The quantitative estimate of drug-likeness (QED) is 0.753. The second-order valence-corrected chi connectivity index (χ2v) is 4.20. The summed E-state index contributed by atoms with van der Waals surface area (Å²) in [5.41, 5.74) is 7.13. The standard InChI is InChI=1S/C10H13ClN2/c11-9-3-1-2-8(13-9)4-5-10(12)6-7-10/h1-3H,4-7,12H2. The molecule has 0 aromatic carbocycles. The molecule has 1 aliphatic rings. The number of nitrogens with two attached hydrogens (primary N) is 1. The first-order chi connectivity index (χ1) is 6.18. The third-order valence-corrected chi connectivity index (χ3v) is 2.75. The van der Waals surface area contributed by atoms with Crippen molar-refractivity contribution in [3.05, 3.63) is 29.0 Å². The normalized spacial score (nSPS) is 18.6. The molecule has 0 spiro atoms. The first-order valence-electron chi connectivity index (χ1n) is 4.58. The van der Waals surface area contributed by atoms with E-state index in [0.29, 0.717) is 5.15 Å². The smallest absolute Gasteiger partial charge is 0.129 e. The predicted octanol–water partition coefficient (Wildman–Crippen LogP) is 2.16. The molecule has 0 saturated heterocycles. The van der Waals surface area contributed by atoms with Crippen molar-refractivity contribution in [1.82, 2.24) is 4.98 Å². The van der Waals surface area contributed by atoms with Gasteiger partial charge in [0.1, 0.15) is 5.15 Å². The number of hydrogen-bond acceptors (Lipinski definition) is 2. The van der Waals surface area contributed by atoms with Crippen molar-refractivity contribution in [3.63, 3.8) is 0 Å². The van der Waals surface area contributed by atoms with Crippen LogP contribution in [0.15, 0.2) is 18.2 Å². The van der Waals surface area contributed by atoms with Crippen LogP contribution in [0.5, 0.6) is 0 Å². The minimum atomic E-state index is 0.115. The van der Waals surface area contributed by atoms with Gasteiger partial charge in [-0.1, -0.05) is 17.7 Å². The second kappa shape index (κ2) is 3.28. The van der Waals surface area contributed by atoms with Crippen LogP contribution in [0, 0.1) is 0 Å². The molecular weight excluding hydrogens is 184 g/mol. The number of rotatable bonds is 3. The number of nitrogens with zero attached hydrogens (tertiary/aromatic N) is 1. The fourth-order valence-electron chi connectivity index (χ4n) is 1.38. The molecule has 0 radical (unpaired) electrons. The molecule has 0 bridgehead atoms. The Morgan fingerprint density at radius 2 is 2.23 bits per heavy atom. The summed E-state index contributed by atoms with van der Waals surface area (Å²) in [6.07, 6.45) is 4.29. The topological polar surface area (TPSA) is 38.9 Å².